The molecule has 0 aliphatic heterocycles. The van der Waals surface area contributed by atoms with Gasteiger partial charge in [0, 0.05) is 0 Å². The van der Waals surface area contributed by atoms with E-state index in [4.69, 9.17) is 4.74 Å². The molecule has 0 unspecified atom stereocenters. The number of ether oxygens (including phenoxy) is 1. The van der Waals surface area contributed by atoms with Crippen molar-refractivity contribution in [3.63, 3.8) is 0 Å². The summed E-state index contributed by atoms with van der Waals surface area (Å²) in [5, 5.41) is 0. The van der Waals surface area contributed by atoms with E-state index in [-0.39, 0.29) is 5.60 Å². The van der Waals surface area contributed by atoms with Crippen LogP contribution in [0.25, 0.3) is 5.57 Å². The summed E-state index contributed by atoms with van der Waals surface area (Å²) in [5.74, 6) is 0.938. The fourth-order valence-electron chi connectivity index (χ4n) is 1.82. The van der Waals surface area contributed by atoms with E-state index in [0.29, 0.717) is 0 Å². The molecular weight excluding hydrogens is 208 g/mol. The Morgan fingerprint density at radius 1 is 1.18 bits per heavy atom. The first-order valence-electron chi connectivity index (χ1n) is 6.41. The smallest absolute Gasteiger partial charge is 0.120 e. The zero-order valence-corrected chi connectivity index (χ0v) is 11.7. The molecule has 0 aromatic heterocycles. The predicted octanol–water partition coefficient (Wildman–Crippen LogP) is 5.07. The van der Waals surface area contributed by atoms with Crippen molar-refractivity contribution in [3.8, 4) is 5.75 Å². The van der Waals surface area contributed by atoms with Crippen LogP contribution in [0.4, 0.5) is 0 Å². The third-order valence-electron chi connectivity index (χ3n) is 2.52. The number of benzene rings is 1. The van der Waals surface area contributed by atoms with Crippen molar-refractivity contribution < 1.29 is 4.74 Å². The molecule has 1 aromatic rings. The van der Waals surface area contributed by atoms with Crippen molar-refractivity contribution in [2.24, 2.45) is 0 Å². The molecule has 1 nitrogen and oxygen atoms in total. The van der Waals surface area contributed by atoms with Gasteiger partial charge in [0.05, 0.1) is 0 Å². The minimum absolute atomic E-state index is 0.131. The molecule has 0 bridgehead atoms. The molecule has 17 heavy (non-hydrogen) atoms. The summed E-state index contributed by atoms with van der Waals surface area (Å²) in [6.07, 6.45) is 4.51. The normalized spacial score (nSPS) is 12.6. The maximum absolute atomic E-state index is 5.81. The van der Waals surface area contributed by atoms with Gasteiger partial charge in [0.25, 0.3) is 0 Å². The second-order valence-corrected chi connectivity index (χ2v) is 5.30. The highest BCUT2D eigenvalue weighted by molar-refractivity contribution is 5.65. The van der Waals surface area contributed by atoms with Gasteiger partial charge in [-0.3, -0.25) is 0 Å². The average Bonchev–Trinajstić information content (AvgIpc) is 2.25. The van der Waals surface area contributed by atoms with Gasteiger partial charge in [-0.1, -0.05) is 31.6 Å². The van der Waals surface area contributed by atoms with Gasteiger partial charge in [-0.05, 0) is 57.4 Å². The molecule has 0 atom stereocenters. The quantitative estimate of drug-likeness (QED) is 0.704. The zero-order chi connectivity index (χ0) is 12.9. The van der Waals surface area contributed by atoms with Crippen molar-refractivity contribution in [2.45, 2.75) is 53.1 Å². The van der Waals surface area contributed by atoms with E-state index in [9.17, 15) is 0 Å². The number of hydrogen-bond donors (Lipinski definition) is 0. The van der Waals surface area contributed by atoms with Crippen LogP contribution in [-0.2, 0) is 0 Å². The van der Waals surface area contributed by atoms with Gasteiger partial charge in [0.2, 0.25) is 0 Å². The van der Waals surface area contributed by atoms with Crippen LogP contribution in [0.2, 0.25) is 0 Å². The van der Waals surface area contributed by atoms with Crippen LogP contribution in [-0.4, -0.2) is 5.60 Å². The lowest BCUT2D eigenvalue weighted by Crippen LogP contribution is -2.22. The third-order valence-corrected chi connectivity index (χ3v) is 2.52. The maximum Gasteiger partial charge on any atom is 0.120 e. The molecule has 0 saturated heterocycles. The Balaban J connectivity index is 2.80. The minimum Gasteiger partial charge on any atom is -0.488 e. The first kappa shape index (κ1) is 13.8. The summed E-state index contributed by atoms with van der Waals surface area (Å²) in [6.45, 7) is 10.5. The predicted molar refractivity (Wildman–Crippen MR) is 75.4 cm³/mol. The molecule has 0 heterocycles. The largest absolute Gasteiger partial charge is 0.488 e. The van der Waals surface area contributed by atoms with Crippen LogP contribution in [0.15, 0.2) is 30.3 Å². The molecular formula is C16H24O. The molecule has 0 spiro atoms. The first-order valence-corrected chi connectivity index (χ1v) is 6.41. The molecule has 0 aliphatic rings. The highest BCUT2D eigenvalue weighted by atomic mass is 16.5. The van der Waals surface area contributed by atoms with Gasteiger partial charge in [-0.2, -0.15) is 0 Å². The van der Waals surface area contributed by atoms with Crippen molar-refractivity contribution in [1.82, 2.24) is 0 Å². The Kier molecular flexibility index (Phi) is 4.80. The van der Waals surface area contributed by atoms with E-state index in [1.54, 1.807) is 0 Å². The van der Waals surface area contributed by atoms with E-state index in [1.807, 2.05) is 0 Å². The van der Waals surface area contributed by atoms with Crippen molar-refractivity contribution in [2.75, 3.05) is 0 Å². The Bertz CT molecular complexity index is 366. The summed E-state index contributed by atoms with van der Waals surface area (Å²) in [7, 11) is 0. The van der Waals surface area contributed by atoms with Gasteiger partial charge < -0.3 is 4.74 Å². The molecule has 0 fully saturated rings. The van der Waals surface area contributed by atoms with Gasteiger partial charge in [-0.15, -0.1) is 0 Å². The second-order valence-electron chi connectivity index (χ2n) is 5.30. The van der Waals surface area contributed by atoms with Crippen LogP contribution < -0.4 is 4.74 Å². The topological polar surface area (TPSA) is 9.23 Å². The van der Waals surface area contributed by atoms with Gasteiger partial charge in [0.15, 0.2) is 0 Å². The Hall–Kier alpha value is -1.24. The standard InChI is InChI=1S/C16H24O/c1-6-8-13(7-2)14-9-11-15(12-10-14)17-16(3,4)5/h7,9-12H,6,8H2,1-5H3. The van der Waals surface area contributed by atoms with Crippen molar-refractivity contribution in [3.05, 3.63) is 35.9 Å². The third kappa shape index (κ3) is 4.64. The summed E-state index contributed by atoms with van der Waals surface area (Å²) in [4.78, 5) is 0. The number of hydrogen-bond acceptors (Lipinski definition) is 1. The van der Waals surface area contributed by atoms with Gasteiger partial charge in [-0.25, -0.2) is 0 Å². The van der Waals surface area contributed by atoms with Crippen LogP contribution in [0.3, 0.4) is 0 Å². The van der Waals surface area contributed by atoms with Crippen LogP contribution in [0.5, 0.6) is 5.75 Å². The van der Waals surface area contributed by atoms with Crippen LogP contribution >= 0.6 is 0 Å². The van der Waals surface area contributed by atoms with Crippen LogP contribution in [0, 0.1) is 0 Å². The molecule has 0 radical (unpaired) electrons. The average molecular weight is 232 g/mol. The van der Waals surface area contributed by atoms with Crippen molar-refractivity contribution >= 4 is 5.57 Å². The monoisotopic (exact) mass is 232 g/mol. The summed E-state index contributed by atoms with van der Waals surface area (Å²) in [6, 6.07) is 8.40. The highest BCUT2D eigenvalue weighted by Crippen LogP contribution is 2.24. The van der Waals surface area contributed by atoms with E-state index in [1.165, 1.54) is 17.6 Å². The number of allylic oxidation sites excluding steroid dienone is 2. The van der Waals surface area contributed by atoms with Gasteiger partial charge in [0.1, 0.15) is 11.4 Å². The Labute approximate surface area is 106 Å². The van der Waals surface area contributed by atoms with E-state index in [0.717, 1.165) is 12.2 Å². The maximum atomic E-state index is 5.81. The summed E-state index contributed by atoms with van der Waals surface area (Å²) >= 11 is 0. The Morgan fingerprint density at radius 2 is 1.76 bits per heavy atom. The molecule has 1 rings (SSSR count). The zero-order valence-electron chi connectivity index (χ0n) is 11.7. The van der Waals surface area contributed by atoms with E-state index < -0.39 is 0 Å². The molecule has 0 aliphatic carbocycles. The van der Waals surface area contributed by atoms with Crippen molar-refractivity contribution in [1.29, 1.82) is 0 Å². The molecule has 0 N–H and O–H groups in total. The molecule has 1 heteroatoms. The molecule has 1 aromatic carbocycles. The van der Waals surface area contributed by atoms with Crippen LogP contribution in [0.1, 0.15) is 53.0 Å². The number of rotatable bonds is 4. The van der Waals surface area contributed by atoms with E-state index in [2.05, 4.69) is 65.0 Å². The summed E-state index contributed by atoms with van der Waals surface area (Å²) in [5.41, 5.74) is 2.58. The lowest BCUT2D eigenvalue weighted by molar-refractivity contribution is 0.131. The van der Waals surface area contributed by atoms with Gasteiger partial charge >= 0.3 is 0 Å². The fraction of sp³-hybridized carbons (Fsp3) is 0.500. The molecule has 0 saturated carbocycles. The highest BCUT2D eigenvalue weighted by Gasteiger charge is 2.11. The Morgan fingerprint density at radius 3 is 2.18 bits per heavy atom. The minimum atomic E-state index is -0.131. The second kappa shape index (κ2) is 5.90. The molecule has 94 valence electrons. The lowest BCUT2D eigenvalue weighted by Gasteiger charge is -2.21. The van der Waals surface area contributed by atoms with E-state index >= 15 is 0 Å². The lowest BCUT2D eigenvalue weighted by atomic mass is 10.0. The fourth-order valence-corrected chi connectivity index (χ4v) is 1.82. The first-order chi connectivity index (χ1) is 7.96. The summed E-state index contributed by atoms with van der Waals surface area (Å²) < 4.78 is 5.81. The molecule has 0 amide bonds. The SMILES string of the molecule is CC=C(CCC)c1ccc(OC(C)(C)C)cc1.